The molecular weight excluding hydrogens is 349 g/mol. The molecule has 0 fully saturated rings. The Labute approximate surface area is 147 Å². The van der Waals surface area contributed by atoms with Gasteiger partial charge in [0.15, 0.2) is 0 Å². The molecule has 0 saturated carbocycles. The molecule has 1 aliphatic heterocycles. The maximum atomic E-state index is 12.2. The highest BCUT2D eigenvalue weighted by atomic mass is 19.4. The maximum absolute atomic E-state index is 12.2. The van der Waals surface area contributed by atoms with Crippen LogP contribution in [0.4, 0.5) is 18.9 Å². The minimum atomic E-state index is -4.27. The molecule has 0 spiro atoms. The summed E-state index contributed by atoms with van der Waals surface area (Å²) in [6.07, 6.45) is -2.35. The van der Waals surface area contributed by atoms with Crippen LogP contribution in [0.15, 0.2) is 36.7 Å². The molecule has 6 nitrogen and oxygen atoms in total. The Kier molecular flexibility index (Phi) is 4.97. The lowest BCUT2D eigenvalue weighted by molar-refractivity contribution is -0.137. The van der Waals surface area contributed by atoms with Gasteiger partial charge in [0.2, 0.25) is 5.91 Å². The monoisotopic (exact) mass is 366 g/mol. The van der Waals surface area contributed by atoms with Gasteiger partial charge in [-0.15, -0.1) is 0 Å². The summed E-state index contributed by atoms with van der Waals surface area (Å²) < 4.78 is 37.7. The van der Waals surface area contributed by atoms with Gasteiger partial charge >= 0.3 is 6.18 Å². The average molecular weight is 366 g/mol. The summed E-state index contributed by atoms with van der Waals surface area (Å²) >= 11 is 0. The van der Waals surface area contributed by atoms with Gasteiger partial charge in [-0.1, -0.05) is 18.2 Å². The molecule has 138 valence electrons. The van der Waals surface area contributed by atoms with Crippen molar-refractivity contribution in [1.82, 2.24) is 15.1 Å². The average Bonchev–Trinajstić information content (AvgIpc) is 3.17. The summed E-state index contributed by atoms with van der Waals surface area (Å²) in [5.74, 6) is -0.878. The highest BCUT2D eigenvalue weighted by Gasteiger charge is 2.30. The van der Waals surface area contributed by atoms with Crippen molar-refractivity contribution in [1.29, 1.82) is 0 Å². The number of nitrogens with one attached hydrogen (secondary N) is 2. The number of alkyl halides is 3. The number of hydrogen-bond acceptors (Lipinski definition) is 3. The Bertz CT molecular complexity index is 816. The molecular formula is C17H17F3N4O2. The van der Waals surface area contributed by atoms with Gasteiger partial charge in [0, 0.05) is 25.0 Å². The SMILES string of the molecule is O=C(NCCC1C(=O)Nc2ccccc21)c1cnn(CCC(F)(F)F)c1. The maximum Gasteiger partial charge on any atom is 0.390 e. The van der Waals surface area contributed by atoms with E-state index in [4.69, 9.17) is 0 Å². The smallest absolute Gasteiger partial charge is 0.352 e. The van der Waals surface area contributed by atoms with E-state index in [-0.39, 0.29) is 30.5 Å². The van der Waals surface area contributed by atoms with E-state index >= 15 is 0 Å². The van der Waals surface area contributed by atoms with Gasteiger partial charge < -0.3 is 10.6 Å². The highest BCUT2D eigenvalue weighted by molar-refractivity contribution is 6.02. The van der Waals surface area contributed by atoms with Crippen molar-refractivity contribution >= 4 is 17.5 Å². The summed E-state index contributed by atoms with van der Waals surface area (Å²) in [5.41, 5.74) is 1.86. The molecule has 1 atom stereocenters. The quantitative estimate of drug-likeness (QED) is 0.825. The van der Waals surface area contributed by atoms with Crippen LogP contribution in [0.3, 0.4) is 0 Å². The number of benzene rings is 1. The summed E-state index contributed by atoms with van der Waals surface area (Å²) in [4.78, 5) is 24.1. The van der Waals surface area contributed by atoms with Gasteiger partial charge in [0.05, 0.1) is 24.1 Å². The third-order valence-corrected chi connectivity index (χ3v) is 4.15. The predicted octanol–water partition coefficient (Wildman–Crippen LogP) is 2.69. The number of aromatic nitrogens is 2. The number of carbonyl (C=O) groups excluding carboxylic acids is 2. The van der Waals surface area contributed by atoms with E-state index in [0.717, 1.165) is 15.9 Å². The highest BCUT2D eigenvalue weighted by Crippen LogP contribution is 2.33. The van der Waals surface area contributed by atoms with Gasteiger partial charge in [-0.05, 0) is 18.1 Å². The van der Waals surface area contributed by atoms with Crippen molar-refractivity contribution in [3.05, 3.63) is 47.8 Å². The second kappa shape index (κ2) is 7.19. The van der Waals surface area contributed by atoms with Crippen LogP contribution in [0.25, 0.3) is 0 Å². The van der Waals surface area contributed by atoms with Crippen LogP contribution in [-0.2, 0) is 11.3 Å². The molecule has 1 aromatic carbocycles. The Hall–Kier alpha value is -2.84. The molecule has 2 amide bonds. The second-order valence-electron chi connectivity index (χ2n) is 6.03. The number of halogens is 3. The summed E-state index contributed by atoms with van der Waals surface area (Å²) in [5, 5.41) is 9.22. The first-order valence-electron chi connectivity index (χ1n) is 8.11. The van der Waals surface area contributed by atoms with Crippen LogP contribution in [-0.4, -0.2) is 34.3 Å². The number of fused-ring (bicyclic) bond motifs is 1. The zero-order valence-corrected chi connectivity index (χ0v) is 13.7. The van der Waals surface area contributed by atoms with Crippen molar-refractivity contribution < 1.29 is 22.8 Å². The number of amides is 2. The molecule has 1 aliphatic rings. The Balaban J connectivity index is 1.51. The largest absolute Gasteiger partial charge is 0.390 e. The number of rotatable bonds is 6. The first-order valence-corrected chi connectivity index (χ1v) is 8.11. The molecule has 3 rings (SSSR count). The first-order chi connectivity index (χ1) is 12.3. The molecule has 2 heterocycles. The summed E-state index contributed by atoms with van der Waals surface area (Å²) in [6.45, 7) is -0.0746. The van der Waals surface area contributed by atoms with E-state index in [1.54, 1.807) is 0 Å². The Morgan fingerprint density at radius 1 is 1.31 bits per heavy atom. The second-order valence-corrected chi connectivity index (χ2v) is 6.03. The minimum absolute atomic E-state index is 0.111. The van der Waals surface area contributed by atoms with Crippen LogP contribution < -0.4 is 10.6 Å². The lowest BCUT2D eigenvalue weighted by Crippen LogP contribution is -2.26. The summed E-state index contributed by atoms with van der Waals surface area (Å²) in [7, 11) is 0. The predicted molar refractivity (Wildman–Crippen MR) is 87.7 cm³/mol. The van der Waals surface area contributed by atoms with Gasteiger partial charge in [-0.25, -0.2) is 0 Å². The number of anilines is 1. The van der Waals surface area contributed by atoms with E-state index in [2.05, 4.69) is 15.7 Å². The standard InChI is InChI=1S/C17H17F3N4O2/c18-17(19,20)6-8-24-10-11(9-22-24)15(25)21-7-5-13-12-3-1-2-4-14(12)23-16(13)26/h1-4,9-10,13H,5-8H2,(H,21,25)(H,23,26). The molecule has 0 aliphatic carbocycles. The summed E-state index contributed by atoms with van der Waals surface area (Å²) in [6, 6.07) is 7.37. The van der Waals surface area contributed by atoms with E-state index in [1.165, 1.54) is 12.4 Å². The van der Waals surface area contributed by atoms with Crippen LogP contribution in [0.1, 0.15) is 34.7 Å². The van der Waals surface area contributed by atoms with Crippen LogP contribution in [0.2, 0.25) is 0 Å². The molecule has 9 heteroatoms. The molecule has 26 heavy (non-hydrogen) atoms. The van der Waals surface area contributed by atoms with Gasteiger partial charge in [-0.2, -0.15) is 18.3 Å². The fourth-order valence-electron chi connectivity index (χ4n) is 2.84. The fraction of sp³-hybridized carbons (Fsp3) is 0.353. The zero-order valence-electron chi connectivity index (χ0n) is 13.7. The zero-order chi connectivity index (χ0) is 18.7. The van der Waals surface area contributed by atoms with Gasteiger partial charge in [0.25, 0.3) is 5.91 Å². The van der Waals surface area contributed by atoms with E-state index in [0.29, 0.717) is 6.42 Å². The van der Waals surface area contributed by atoms with Gasteiger partial charge in [0.1, 0.15) is 0 Å². The normalized spacial score (nSPS) is 16.3. The number of para-hydroxylation sites is 1. The van der Waals surface area contributed by atoms with Crippen molar-refractivity contribution in [3.63, 3.8) is 0 Å². The number of carbonyl (C=O) groups is 2. The van der Waals surface area contributed by atoms with Gasteiger partial charge in [-0.3, -0.25) is 14.3 Å². The van der Waals surface area contributed by atoms with Crippen molar-refractivity contribution in [2.45, 2.75) is 31.5 Å². The topological polar surface area (TPSA) is 76.0 Å². The molecule has 1 aromatic heterocycles. The van der Waals surface area contributed by atoms with E-state index < -0.39 is 18.5 Å². The molecule has 0 radical (unpaired) electrons. The van der Waals surface area contributed by atoms with Crippen LogP contribution in [0, 0.1) is 0 Å². The van der Waals surface area contributed by atoms with Crippen molar-refractivity contribution in [2.75, 3.05) is 11.9 Å². The lowest BCUT2D eigenvalue weighted by Gasteiger charge is -2.09. The lowest BCUT2D eigenvalue weighted by atomic mass is 9.97. The minimum Gasteiger partial charge on any atom is -0.352 e. The van der Waals surface area contributed by atoms with Crippen LogP contribution in [0.5, 0.6) is 0 Å². The molecule has 1 unspecified atom stereocenters. The molecule has 2 aromatic rings. The third-order valence-electron chi connectivity index (χ3n) is 4.15. The molecule has 2 N–H and O–H groups in total. The van der Waals surface area contributed by atoms with E-state index in [9.17, 15) is 22.8 Å². The molecule has 0 saturated heterocycles. The van der Waals surface area contributed by atoms with Crippen molar-refractivity contribution in [3.8, 4) is 0 Å². The number of nitrogens with zero attached hydrogens (tertiary/aromatic N) is 2. The fourth-order valence-corrected chi connectivity index (χ4v) is 2.84. The first kappa shape index (κ1) is 18.0. The van der Waals surface area contributed by atoms with E-state index in [1.807, 2.05) is 24.3 Å². The Morgan fingerprint density at radius 3 is 2.85 bits per heavy atom. The number of hydrogen-bond donors (Lipinski definition) is 2. The Morgan fingerprint density at radius 2 is 2.08 bits per heavy atom. The molecule has 0 bridgehead atoms. The van der Waals surface area contributed by atoms with Crippen LogP contribution >= 0.6 is 0 Å². The van der Waals surface area contributed by atoms with Crippen molar-refractivity contribution in [2.24, 2.45) is 0 Å². The number of aryl methyl sites for hydroxylation is 1. The third kappa shape index (κ3) is 4.22.